The number of aromatic nitrogens is 3. The Hall–Kier alpha value is -2.28. The van der Waals surface area contributed by atoms with Gasteiger partial charge in [-0.3, -0.25) is 0 Å². The Kier molecular flexibility index (Phi) is 5.09. The molecule has 0 amide bonds. The number of benzene rings is 2. The molecule has 26 heavy (non-hydrogen) atoms. The Bertz CT molecular complexity index is 856. The van der Waals surface area contributed by atoms with Crippen molar-refractivity contribution in [3.63, 3.8) is 0 Å². The van der Waals surface area contributed by atoms with Gasteiger partial charge in [-0.2, -0.15) is 5.10 Å². The highest BCUT2D eigenvalue weighted by molar-refractivity contribution is 6.30. The Morgan fingerprint density at radius 2 is 1.58 bits per heavy atom. The van der Waals surface area contributed by atoms with Gasteiger partial charge in [0, 0.05) is 5.02 Å². The van der Waals surface area contributed by atoms with E-state index in [9.17, 15) is 14.6 Å². The molecule has 0 fully saturated rings. The van der Waals surface area contributed by atoms with E-state index in [0.717, 1.165) is 0 Å². The molecule has 136 valence electrons. The van der Waals surface area contributed by atoms with Gasteiger partial charge in [-0.25, -0.2) is 14.1 Å². The largest absolute Gasteiger partial charge is 0.382 e. The van der Waals surface area contributed by atoms with Crippen LogP contribution in [-0.4, -0.2) is 25.0 Å². The van der Waals surface area contributed by atoms with Crippen LogP contribution in [-0.2, 0) is 17.7 Å². The van der Waals surface area contributed by atoms with Crippen molar-refractivity contribution in [2.24, 2.45) is 0 Å². The second kappa shape index (κ2) is 7.15. The van der Waals surface area contributed by atoms with Gasteiger partial charge in [0.15, 0.2) is 0 Å². The highest BCUT2D eigenvalue weighted by Crippen LogP contribution is 2.44. The third-order valence-corrected chi connectivity index (χ3v) is 4.95. The van der Waals surface area contributed by atoms with E-state index in [4.69, 9.17) is 11.6 Å². The summed E-state index contributed by atoms with van der Waals surface area (Å²) < 4.78 is 14.8. The minimum Gasteiger partial charge on any atom is -0.382 e. The highest BCUT2D eigenvalue weighted by Gasteiger charge is 2.51. The van der Waals surface area contributed by atoms with Crippen LogP contribution in [0.3, 0.4) is 0 Å². The summed E-state index contributed by atoms with van der Waals surface area (Å²) >= 11 is 5.97. The Balaban J connectivity index is 2.16. The molecule has 1 aromatic heterocycles. The summed E-state index contributed by atoms with van der Waals surface area (Å²) in [5.74, 6) is -0.418. The zero-order chi connectivity index (χ0) is 18.8. The molecular formula is C19H19ClFN3O2. The van der Waals surface area contributed by atoms with Crippen LogP contribution < -0.4 is 0 Å². The van der Waals surface area contributed by atoms with Crippen molar-refractivity contribution in [1.82, 2.24) is 14.8 Å². The van der Waals surface area contributed by atoms with E-state index < -0.39 is 17.0 Å². The molecular weight excluding hydrogens is 357 g/mol. The van der Waals surface area contributed by atoms with E-state index in [1.165, 1.54) is 41.6 Å². The van der Waals surface area contributed by atoms with Gasteiger partial charge >= 0.3 is 0 Å². The zero-order valence-corrected chi connectivity index (χ0v) is 14.9. The highest BCUT2D eigenvalue weighted by atomic mass is 35.5. The molecule has 0 aliphatic heterocycles. The number of nitrogens with zero attached hydrogens (tertiary/aromatic N) is 3. The average Bonchev–Trinajstić information content (AvgIpc) is 3.14. The van der Waals surface area contributed by atoms with Crippen LogP contribution in [0.25, 0.3) is 0 Å². The zero-order valence-electron chi connectivity index (χ0n) is 14.2. The van der Waals surface area contributed by atoms with Gasteiger partial charge < -0.3 is 10.2 Å². The summed E-state index contributed by atoms with van der Waals surface area (Å²) in [7, 11) is 0. The first-order valence-corrected chi connectivity index (χ1v) is 8.56. The Morgan fingerprint density at radius 3 is 2.12 bits per heavy atom. The van der Waals surface area contributed by atoms with Crippen molar-refractivity contribution in [2.45, 2.75) is 31.1 Å². The van der Waals surface area contributed by atoms with Crippen LogP contribution in [0.1, 0.15) is 24.5 Å². The summed E-state index contributed by atoms with van der Waals surface area (Å²) in [5, 5.41) is 27.8. The topological polar surface area (TPSA) is 71.2 Å². The van der Waals surface area contributed by atoms with Crippen molar-refractivity contribution in [3.05, 3.63) is 83.2 Å². The molecule has 0 bridgehead atoms. The Morgan fingerprint density at radius 1 is 1.00 bits per heavy atom. The van der Waals surface area contributed by atoms with Crippen LogP contribution in [0.2, 0.25) is 5.02 Å². The second-order valence-corrected chi connectivity index (χ2v) is 6.62. The van der Waals surface area contributed by atoms with Crippen molar-refractivity contribution < 1.29 is 14.6 Å². The minimum absolute atomic E-state index is 0.0453. The van der Waals surface area contributed by atoms with E-state index in [1.54, 1.807) is 31.2 Å². The third kappa shape index (κ3) is 3.23. The lowest BCUT2D eigenvalue weighted by atomic mass is 9.71. The lowest BCUT2D eigenvalue weighted by Crippen LogP contribution is -2.52. The smallest absolute Gasteiger partial charge is 0.142 e. The number of hydrogen-bond acceptors (Lipinski definition) is 4. The monoisotopic (exact) mass is 375 g/mol. The molecule has 2 atom stereocenters. The van der Waals surface area contributed by atoms with E-state index in [1.807, 2.05) is 0 Å². The number of hydrogen-bond donors (Lipinski definition) is 2. The van der Waals surface area contributed by atoms with Gasteiger partial charge in [0.05, 0.1) is 6.54 Å². The molecule has 3 rings (SSSR count). The van der Waals surface area contributed by atoms with Gasteiger partial charge in [0.2, 0.25) is 0 Å². The first-order valence-electron chi connectivity index (χ1n) is 8.18. The molecule has 1 heterocycles. The second-order valence-electron chi connectivity index (χ2n) is 6.18. The Labute approximate surface area is 155 Å². The quantitative estimate of drug-likeness (QED) is 0.693. The van der Waals surface area contributed by atoms with Crippen LogP contribution in [0.15, 0.2) is 61.2 Å². The SMILES string of the molecule is CC[C@](O)(c1ccc(F)cc1)[C@@](O)(Cn1cncn1)c1ccc(Cl)cc1. The van der Waals surface area contributed by atoms with E-state index in [0.29, 0.717) is 16.1 Å². The van der Waals surface area contributed by atoms with E-state index in [2.05, 4.69) is 10.1 Å². The van der Waals surface area contributed by atoms with Gasteiger partial charge in [-0.05, 0) is 41.8 Å². The minimum atomic E-state index is -1.75. The first kappa shape index (κ1) is 18.5. The fourth-order valence-electron chi connectivity index (χ4n) is 3.20. The molecule has 7 heteroatoms. The first-order chi connectivity index (χ1) is 12.4. The van der Waals surface area contributed by atoms with Gasteiger partial charge in [-0.1, -0.05) is 42.8 Å². The van der Waals surface area contributed by atoms with Gasteiger partial charge in [0.1, 0.15) is 29.7 Å². The molecule has 2 aromatic carbocycles. The summed E-state index contributed by atoms with van der Waals surface area (Å²) in [6.45, 7) is 1.71. The van der Waals surface area contributed by atoms with Gasteiger partial charge in [0.25, 0.3) is 0 Å². The summed E-state index contributed by atoms with van der Waals surface area (Å²) in [4.78, 5) is 3.89. The standard InChI is InChI=1S/C19H19ClFN3O2/c1-2-18(25,14-5-9-17(21)10-6-14)19(26,11-24-13-22-12-23-24)15-3-7-16(20)8-4-15/h3-10,12-13,25-26H,2,11H2,1H3/t18-,19+/m0/s1. The third-order valence-electron chi connectivity index (χ3n) is 4.70. The molecule has 0 spiro atoms. The molecule has 2 N–H and O–H groups in total. The molecule has 0 aliphatic carbocycles. The summed E-state index contributed by atoms with van der Waals surface area (Å²) in [6.07, 6.45) is 3.00. The fraction of sp³-hybridized carbons (Fsp3) is 0.263. The van der Waals surface area contributed by atoms with Gasteiger partial charge in [-0.15, -0.1) is 0 Å². The van der Waals surface area contributed by atoms with Crippen molar-refractivity contribution in [2.75, 3.05) is 0 Å². The molecule has 0 saturated carbocycles. The predicted molar refractivity (Wildman–Crippen MR) is 96.0 cm³/mol. The lowest BCUT2D eigenvalue weighted by molar-refractivity contribution is -0.177. The maximum absolute atomic E-state index is 13.4. The van der Waals surface area contributed by atoms with Crippen LogP contribution in [0, 0.1) is 5.82 Å². The van der Waals surface area contributed by atoms with Crippen LogP contribution >= 0.6 is 11.6 Å². The summed E-state index contributed by atoms with van der Waals surface area (Å²) in [5.41, 5.74) is -2.58. The molecule has 3 aromatic rings. The number of halogens is 2. The number of aliphatic hydroxyl groups is 2. The number of rotatable bonds is 6. The molecule has 0 radical (unpaired) electrons. The molecule has 0 aliphatic rings. The van der Waals surface area contributed by atoms with E-state index in [-0.39, 0.29) is 13.0 Å². The lowest BCUT2D eigenvalue weighted by Gasteiger charge is -2.44. The van der Waals surface area contributed by atoms with E-state index >= 15 is 0 Å². The predicted octanol–water partition coefficient (Wildman–Crippen LogP) is 3.26. The molecule has 0 saturated heterocycles. The normalized spacial score (nSPS) is 16.0. The van der Waals surface area contributed by atoms with Crippen molar-refractivity contribution in [1.29, 1.82) is 0 Å². The summed E-state index contributed by atoms with van der Waals surface area (Å²) in [6, 6.07) is 12.1. The van der Waals surface area contributed by atoms with Crippen molar-refractivity contribution in [3.8, 4) is 0 Å². The van der Waals surface area contributed by atoms with Crippen LogP contribution in [0.4, 0.5) is 4.39 Å². The fourth-order valence-corrected chi connectivity index (χ4v) is 3.32. The molecule has 0 unspecified atom stereocenters. The molecule has 5 nitrogen and oxygen atoms in total. The average molecular weight is 376 g/mol. The maximum Gasteiger partial charge on any atom is 0.142 e. The van der Waals surface area contributed by atoms with Crippen molar-refractivity contribution >= 4 is 11.6 Å². The maximum atomic E-state index is 13.4. The van der Waals surface area contributed by atoms with Crippen LogP contribution in [0.5, 0.6) is 0 Å².